The molecule has 0 radical (unpaired) electrons. The number of nitrogens with zero attached hydrogens (tertiary/aromatic N) is 2. The Balaban J connectivity index is -0.000000476. The van der Waals surface area contributed by atoms with Gasteiger partial charge in [-0.1, -0.05) is 6.58 Å². The zero-order valence-electron chi connectivity index (χ0n) is 19.8. The summed E-state index contributed by atoms with van der Waals surface area (Å²) in [5.74, 6) is 0. The third kappa shape index (κ3) is 13.4. The molecule has 2 aliphatic heterocycles. The second-order valence-electron chi connectivity index (χ2n) is 6.73. The Morgan fingerprint density at radius 3 is 1.88 bits per heavy atom. The molecule has 0 spiro atoms. The van der Waals surface area contributed by atoms with Gasteiger partial charge < -0.3 is 59.5 Å². The molecule has 2 saturated heterocycles. The van der Waals surface area contributed by atoms with Gasteiger partial charge in [0, 0.05) is 20.3 Å². The summed E-state index contributed by atoms with van der Waals surface area (Å²) in [7, 11) is 2.85. The molecule has 34 heavy (non-hydrogen) atoms. The van der Waals surface area contributed by atoms with Gasteiger partial charge in [0.15, 0.2) is 0 Å². The van der Waals surface area contributed by atoms with Gasteiger partial charge in [-0.05, 0) is 0 Å². The molecule has 13 nitrogen and oxygen atoms in total. The molecule has 6 N–H and O–H groups in total. The van der Waals surface area contributed by atoms with E-state index in [9.17, 15) is 15.3 Å². The first-order valence-corrected chi connectivity index (χ1v) is 9.86. The third-order valence-electron chi connectivity index (χ3n) is 4.60. The van der Waals surface area contributed by atoms with Gasteiger partial charge in [-0.25, -0.2) is 6.57 Å². The van der Waals surface area contributed by atoms with Crippen LogP contribution < -0.4 is 29.6 Å². The maximum atomic E-state index is 9.65. The molecule has 0 amide bonds. The minimum Gasteiger partial charge on any atom is -0.870 e. The van der Waals surface area contributed by atoms with Crippen LogP contribution in [0, 0.1) is 17.9 Å². The monoisotopic (exact) mass is 502 g/mol. The Labute approximate surface area is 221 Å². The van der Waals surface area contributed by atoms with E-state index in [-0.39, 0.29) is 61.5 Å². The smallest absolute Gasteiger partial charge is 0.870 e. The Bertz CT molecular complexity index is 588. The topological polar surface area (TPSA) is 205 Å². The molecule has 0 aromatic carbocycles. The van der Waals surface area contributed by atoms with E-state index in [1.807, 2.05) is 0 Å². The van der Waals surface area contributed by atoms with Crippen LogP contribution >= 0.6 is 0 Å². The van der Waals surface area contributed by atoms with E-state index in [1.165, 1.54) is 20.3 Å². The van der Waals surface area contributed by atoms with E-state index in [1.54, 1.807) is 6.07 Å². The van der Waals surface area contributed by atoms with Crippen molar-refractivity contribution in [2.24, 2.45) is 0 Å². The summed E-state index contributed by atoms with van der Waals surface area (Å²) in [6.07, 6.45) is -4.84. The van der Waals surface area contributed by atoms with Crippen LogP contribution in [0.25, 0.3) is 4.85 Å². The van der Waals surface area contributed by atoms with E-state index in [0.29, 0.717) is 13.2 Å². The van der Waals surface area contributed by atoms with E-state index in [0.717, 1.165) is 0 Å². The Morgan fingerprint density at radius 2 is 1.50 bits per heavy atom. The number of ether oxygens (including phenoxy) is 5. The van der Waals surface area contributed by atoms with Crippen molar-refractivity contribution in [3.05, 3.63) is 24.1 Å². The molecule has 0 saturated carbocycles. The second kappa shape index (κ2) is 22.7. The molecule has 2 aliphatic rings. The molecule has 0 aromatic rings. The van der Waals surface area contributed by atoms with Gasteiger partial charge in [0.2, 0.25) is 6.54 Å². The predicted molar refractivity (Wildman–Crippen MR) is 112 cm³/mol. The van der Waals surface area contributed by atoms with Gasteiger partial charge in [0.1, 0.15) is 55.4 Å². The Morgan fingerprint density at radius 1 is 1.06 bits per heavy atom. The van der Waals surface area contributed by atoms with E-state index < -0.39 is 48.8 Å². The summed E-state index contributed by atoms with van der Waals surface area (Å²) in [5, 5.41) is 53.9. The molecule has 2 heterocycles. The molecule has 14 heteroatoms. The average Bonchev–Trinajstić information content (AvgIpc) is 2.81. The average molecular weight is 502 g/mol. The number of rotatable bonds is 7. The molecule has 192 valence electrons. The zero-order valence-corrected chi connectivity index (χ0v) is 21.8. The fraction of sp³-hybridized carbons (Fsp3) is 0.800. The summed E-state index contributed by atoms with van der Waals surface area (Å²) in [6.45, 7) is 10.5. The van der Waals surface area contributed by atoms with E-state index in [4.69, 9.17) is 45.7 Å². The number of allylic oxidation sites excluding steroid dienone is 1. The summed E-state index contributed by atoms with van der Waals surface area (Å²) < 4.78 is 25.5. The van der Waals surface area contributed by atoms with E-state index in [2.05, 4.69) is 11.4 Å². The van der Waals surface area contributed by atoms with Crippen molar-refractivity contribution in [1.82, 2.24) is 0 Å². The molecular weight excluding hydrogens is 467 g/mol. The van der Waals surface area contributed by atoms with Crippen LogP contribution in [0.1, 0.15) is 0 Å². The Hall–Kier alpha value is -0.720. The van der Waals surface area contributed by atoms with Crippen molar-refractivity contribution in [2.75, 3.05) is 53.8 Å². The maximum absolute atomic E-state index is 9.65. The minimum atomic E-state index is -0.985. The normalized spacial score (nSPS) is 31.9. The van der Waals surface area contributed by atoms with Gasteiger partial charge in [0.25, 0.3) is 0 Å². The first kappa shape index (κ1) is 37.8. The van der Waals surface area contributed by atoms with Crippen molar-refractivity contribution in [3.63, 3.8) is 0 Å². The summed E-state index contributed by atoms with van der Waals surface area (Å²) in [6, 6.07) is 1.69. The van der Waals surface area contributed by atoms with Crippen molar-refractivity contribution < 1.29 is 84.3 Å². The zero-order chi connectivity index (χ0) is 24.5. The van der Waals surface area contributed by atoms with Crippen LogP contribution in [-0.4, -0.2) is 134 Å². The standard InChI is InChI=1S/C10H17NO5.C7H14O5.C3H3N.Na.H2O/c1-11-3-4-15-6-8-10(14-2)9(13)7(12)5-16-8;1-11-7-5(2-8)12-3-4(9)6(7)10;1-2-3-4;;/h7-10,12-13H,3-6H2,2H3;4-10H,2-3H2,1H3;2H,1H2;;1H2/q;;;+1;/p-1. The van der Waals surface area contributed by atoms with Crippen LogP contribution in [0.3, 0.4) is 0 Å². The van der Waals surface area contributed by atoms with Gasteiger partial charge in [-0.2, -0.15) is 5.26 Å². The van der Waals surface area contributed by atoms with Gasteiger partial charge in [-0.15, -0.1) is 0 Å². The SMILES string of the molecule is C=CC#N.COC1C(CO)OCC(O)C1O.[C-]#[N+]CCOCC1OCC(O)C(O)C1OC.[Na+].[OH-]. The Kier molecular flexibility index (Phi) is 25.3. The summed E-state index contributed by atoms with van der Waals surface area (Å²) >= 11 is 0. The molecule has 0 aromatic heterocycles. The number of hydrogen-bond acceptors (Lipinski definition) is 12. The first-order valence-electron chi connectivity index (χ1n) is 9.86. The van der Waals surface area contributed by atoms with Crippen molar-refractivity contribution in [1.29, 1.82) is 5.26 Å². The van der Waals surface area contributed by atoms with Gasteiger partial charge in [0.05, 0.1) is 32.5 Å². The predicted octanol–water partition coefficient (Wildman–Crippen LogP) is -5.30. The van der Waals surface area contributed by atoms with Crippen LogP contribution in [0.5, 0.6) is 0 Å². The van der Waals surface area contributed by atoms with Crippen LogP contribution in [-0.2, 0) is 23.7 Å². The number of methoxy groups -OCH3 is 2. The third-order valence-corrected chi connectivity index (χ3v) is 4.60. The van der Waals surface area contributed by atoms with Gasteiger partial charge in [-0.3, -0.25) is 0 Å². The summed E-state index contributed by atoms with van der Waals surface area (Å²) in [4.78, 5) is 3.15. The molecular formula is C20H35N2NaO11. The molecule has 0 aliphatic carbocycles. The van der Waals surface area contributed by atoms with Gasteiger partial charge >= 0.3 is 29.6 Å². The molecule has 8 unspecified atom stereocenters. The second-order valence-corrected chi connectivity index (χ2v) is 6.73. The van der Waals surface area contributed by atoms with E-state index >= 15 is 0 Å². The minimum absolute atomic E-state index is 0. The van der Waals surface area contributed by atoms with Crippen LogP contribution in [0.4, 0.5) is 0 Å². The quantitative estimate of drug-likeness (QED) is 0.0958. The fourth-order valence-electron chi connectivity index (χ4n) is 2.90. The van der Waals surface area contributed by atoms with Crippen LogP contribution in [0.2, 0.25) is 0 Å². The van der Waals surface area contributed by atoms with Crippen molar-refractivity contribution in [2.45, 2.75) is 48.8 Å². The maximum Gasteiger partial charge on any atom is 1.00 e. The van der Waals surface area contributed by atoms with Crippen LogP contribution in [0.15, 0.2) is 12.7 Å². The number of aliphatic hydroxyl groups excluding tert-OH is 5. The number of aliphatic hydroxyl groups is 5. The largest absolute Gasteiger partial charge is 1.00 e. The molecule has 8 atom stereocenters. The number of nitriles is 1. The van der Waals surface area contributed by atoms with Crippen molar-refractivity contribution >= 4 is 0 Å². The molecule has 2 fully saturated rings. The fourth-order valence-corrected chi connectivity index (χ4v) is 2.90. The summed E-state index contributed by atoms with van der Waals surface area (Å²) in [5.41, 5.74) is 0. The molecule has 0 bridgehead atoms. The van der Waals surface area contributed by atoms with Crippen molar-refractivity contribution in [3.8, 4) is 6.07 Å². The first-order chi connectivity index (χ1) is 15.3. The molecule has 2 rings (SSSR count). The number of hydrogen-bond donors (Lipinski definition) is 5.